The van der Waals surface area contributed by atoms with Crippen molar-refractivity contribution in [3.63, 3.8) is 0 Å². The minimum Gasteiger partial charge on any atom is -0.486 e. The molecule has 7 heteroatoms. The van der Waals surface area contributed by atoms with E-state index < -0.39 is 29.8 Å². The van der Waals surface area contributed by atoms with Gasteiger partial charge in [0.05, 0.1) is 0 Å². The molecular formula is C27H43NO6. The Bertz CT molecular complexity index is 760. The van der Waals surface area contributed by atoms with Crippen molar-refractivity contribution in [1.29, 1.82) is 0 Å². The van der Waals surface area contributed by atoms with Crippen LogP contribution in [-0.2, 0) is 19.0 Å². The van der Waals surface area contributed by atoms with E-state index in [2.05, 4.69) is 13.8 Å². The molecular weight excluding hydrogens is 434 g/mol. The van der Waals surface area contributed by atoms with Crippen LogP contribution in [0.2, 0.25) is 0 Å². The summed E-state index contributed by atoms with van der Waals surface area (Å²) in [6, 6.07) is 8.88. The Morgan fingerprint density at radius 1 is 1.18 bits per heavy atom. The number of ether oxygens (including phenoxy) is 4. The minimum atomic E-state index is -0.779. The molecule has 7 nitrogen and oxygen atoms in total. The zero-order chi connectivity index (χ0) is 25.3. The van der Waals surface area contributed by atoms with Crippen LogP contribution >= 0.6 is 0 Å². The van der Waals surface area contributed by atoms with Gasteiger partial charge in [-0.2, -0.15) is 0 Å². The van der Waals surface area contributed by atoms with Crippen molar-refractivity contribution in [3.05, 3.63) is 30.3 Å². The molecule has 1 aromatic carbocycles. The lowest BCUT2D eigenvalue weighted by Crippen LogP contribution is -2.49. The van der Waals surface area contributed by atoms with Crippen molar-refractivity contribution in [1.82, 2.24) is 4.90 Å². The Kier molecular flexibility index (Phi) is 10.7. The first-order valence-electron chi connectivity index (χ1n) is 12.4. The first kappa shape index (κ1) is 28.0. The zero-order valence-corrected chi connectivity index (χ0v) is 21.9. The van der Waals surface area contributed by atoms with Gasteiger partial charge in [0.1, 0.15) is 36.3 Å². The molecule has 34 heavy (non-hydrogen) atoms. The van der Waals surface area contributed by atoms with Crippen LogP contribution < -0.4 is 4.74 Å². The molecule has 1 saturated heterocycles. The van der Waals surface area contributed by atoms with Gasteiger partial charge in [0.25, 0.3) is 0 Å². The fraction of sp³-hybridized carbons (Fsp3) is 0.704. The number of methoxy groups -OCH3 is 1. The van der Waals surface area contributed by atoms with Crippen LogP contribution in [-0.4, -0.2) is 54.7 Å². The zero-order valence-electron chi connectivity index (χ0n) is 21.9. The predicted molar refractivity (Wildman–Crippen MR) is 132 cm³/mol. The van der Waals surface area contributed by atoms with Crippen molar-refractivity contribution >= 4 is 12.1 Å². The molecule has 0 radical (unpaired) electrons. The van der Waals surface area contributed by atoms with Gasteiger partial charge < -0.3 is 18.9 Å². The molecule has 0 aliphatic carbocycles. The lowest BCUT2D eigenvalue weighted by atomic mass is 9.86. The molecule has 1 amide bonds. The quantitative estimate of drug-likeness (QED) is 0.347. The van der Waals surface area contributed by atoms with Crippen LogP contribution in [0.15, 0.2) is 30.3 Å². The lowest BCUT2D eigenvalue weighted by Gasteiger charge is -2.33. The third kappa shape index (κ3) is 8.82. The van der Waals surface area contributed by atoms with E-state index in [-0.39, 0.29) is 18.8 Å². The van der Waals surface area contributed by atoms with E-state index in [1.807, 2.05) is 37.3 Å². The van der Waals surface area contributed by atoms with Crippen LogP contribution in [0.4, 0.5) is 4.79 Å². The number of para-hydroxylation sites is 1. The molecule has 0 aromatic heterocycles. The molecule has 0 bridgehead atoms. The average Bonchev–Trinajstić information content (AvgIpc) is 2.79. The summed E-state index contributed by atoms with van der Waals surface area (Å²) in [5.74, 6) is 1.10. The van der Waals surface area contributed by atoms with Crippen molar-refractivity contribution in [2.75, 3.05) is 13.8 Å². The summed E-state index contributed by atoms with van der Waals surface area (Å²) in [6.45, 7) is 11.6. The van der Waals surface area contributed by atoms with Crippen LogP contribution in [0.5, 0.6) is 5.75 Å². The van der Waals surface area contributed by atoms with Crippen molar-refractivity contribution < 1.29 is 28.5 Å². The third-order valence-corrected chi connectivity index (χ3v) is 5.96. The Morgan fingerprint density at radius 2 is 1.85 bits per heavy atom. The highest BCUT2D eigenvalue weighted by atomic mass is 16.6. The first-order chi connectivity index (χ1) is 16.0. The van der Waals surface area contributed by atoms with E-state index in [9.17, 15) is 9.59 Å². The molecule has 0 N–H and O–H groups in total. The highest BCUT2D eigenvalue weighted by Crippen LogP contribution is 2.31. The Hall–Kier alpha value is -2.28. The summed E-state index contributed by atoms with van der Waals surface area (Å²) >= 11 is 0. The summed E-state index contributed by atoms with van der Waals surface area (Å²) in [6.07, 6.45) is 2.81. The van der Waals surface area contributed by atoms with E-state index in [1.165, 1.54) is 12.0 Å². The number of benzene rings is 1. The number of carbonyl (C=O) groups is 2. The fourth-order valence-electron chi connectivity index (χ4n) is 4.28. The van der Waals surface area contributed by atoms with E-state index in [1.54, 1.807) is 20.8 Å². The standard InChI is InChI=1S/C27H43NO6/c1-19(2)16-17-21-12-11-15-23(28(18-31-7)26(30)34-27(4,5)6)25(29)32-20(3)24(21)33-22-13-9-8-10-14-22/h8-10,13-14,19-21,23-24H,11-12,15-18H2,1-7H3/t20-,21+,23-,24-/m0/s1. The number of hydrogen-bond donors (Lipinski definition) is 0. The molecule has 192 valence electrons. The SMILES string of the molecule is COCN(C(=O)OC(C)(C)C)[C@H]1CCC[C@H](CCC(C)C)[C@@H](Oc2ccccc2)[C@H](C)OC1=O. The van der Waals surface area contributed by atoms with Gasteiger partial charge in [-0.05, 0) is 70.9 Å². The van der Waals surface area contributed by atoms with E-state index in [0.717, 1.165) is 31.4 Å². The summed E-state index contributed by atoms with van der Waals surface area (Å²) in [5, 5.41) is 0. The van der Waals surface area contributed by atoms with E-state index in [0.29, 0.717) is 12.3 Å². The highest BCUT2D eigenvalue weighted by molar-refractivity contribution is 5.81. The number of nitrogens with zero attached hydrogens (tertiary/aromatic N) is 1. The van der Waals surface area contributed by atoms with E-state index >= 15 is 0 Å². The Labute approximate surface area is 205 Å². The van der Waals surface area contributed by atoms with Crippen LogP contribution in [0.1, 0.15) is 73.6 Å². The van der Waals surface area contributed by atoms with Gasteiger partial charge in [0.2, 0.25) is 0 Å². The van der Waals surface area contributed by atoms with Gasteiger partial charge in [-0.15, -0.1) is 0 Å². The number of cyclic esters (lactones) is 1. The monoisotopic (exact) mass is 477 g/mol. The molecule has 1 fully saturated rings. The molecule has 1 aliphatic rings. The maximum Gasteiger partial charge on any atom is 0.412 e. The van der Waals surface area contributed by atoms with Crippen molar-refractivity contribution in [2.24, 2.45) is 11.8 Å². The normalized spacial score (nSPS) is 23.9. The Morgan fingerprint density at radius 3 is 2.44 bits per heavy atom. The first-order valence-corrected chi connectivity index (χ1v) is 12.4. The summed E-state index contributed by atoms with van der Waals surface area (Å²) in [4.78, 5) is 27.5. The number of hydrogen-bond acceptors (Lipinski definition) is 6. The summed E-state index contributed by atoms with van der Waals surface area (Å²) in [5.41, 5.74) is -0.685. The number of esters is 1. The lowest BCUT2D eigenvalue weighted by molar-refractivity contribution is -0.161. The molecule has 0 spiro atoms. The summed E-state index contributed by atoms with van der Waals surface area (Å²) in [7, 11) is 1.49. The van der Waals surface area contributed by atoms with Gasteiger partial charge in [0, 0.05) is 7.11 Å². The topological polar surface area (TPSA) is 74.3 Å². The van der Waals surface area contributed by atoms with Gasteiger partial charge >= 0.3 is 12.1 Å². The molecule has 1 aliphatic heterocycles. The molecule has 1 heterocycles. The fourth-order valence-corrected chi connectivity index (χ4v) is 4.28. The third-order valence-electron chi connectivity index (χ3n) is 5.96. The Balaban J connectivity index is 2.28. The maximum absolute atomic E-state index is 13.3. The smallest absolute Gasteiger partial charge is 0.412 e. The van der Waals surface area contributed by atoms with Crippen molar-refractivity contribution in [3.8, 4) is 5.75 Å². The van der Waals surface area contributed by atoms with Crippen molar-refractivity contribution in [2.45, 2.75) is 97.5 Å². The minimum absolute atomic E-state index is 0.0518. The number of amides is 1. The van der Waals surface area contributed by atoms with Gasteiger partial charge in [-0.3, -0.25) is 4.90 Å². The molecule has 0 saturated carbocycles. The van der Waals surface area contributed by atoms with Crippen LogP contribution in [0, 0.1) is 11.8 Å². The van der Waals surface area contributed by atoms with Gasteiger partial charge in [-0.1, -0.05) is 44.9 Å². The molecule has 2 rings (SSSR count). The molecule has 1 aromatic rings. The predicted octanol–water partition coefficient (Wildman–Crippen LogP) is 5.81. The molecule has 0 unspecified atom stereocenters. The number of carbonyl (C=O) groups excluding carboxylic acids is 2. The van der Waals surface area contributed by atoms with Crippen LogP contribution in [0.3, 0.4) is 0 Å². The highest BCUT2D eigenvalue weighted by Gasteiger charge is 2.39. The summed E-state index contributed by atoms with van der Waals surface area (Å²) < 4.78 is 23.1. The van der Waals surface area contributed by atoms with Gasteiger partial charge in [0.15, 0.2) is 0 Å². The number of rotatable bonds is 8. The second-order valence-electron chi connectivity index (χ2n) is 10.6. The molecule has 4 atom stereocenters. The maximum atomic E-state index is 13.3. The van der Waals surface area contributed by atoms with Crippen LogP contribution in [0.25, 0.3) is 0 Å². The van der Waals surface area contributed by atoms with Gasteiger partial charge in [-0.25, -0.2) is 9.59 Å². The second-order valence-corrected chi connectivity index (χ2v) is 10.6. The average molecular weight is 478 g/mol. The largest absolute Gasteiger partial charge is 0.486 e. The second kappa shape index (κ2) is 13.0. The van der Waals surface area contributed by atoms with E-state index in [4.69, 9.17) is 18.9 Å².